The van der Waals surface area contributed by atoms with Crippen molar-refractivity contribution < 1.29 is 24.2 Å². The summed E-state index contributed by atoms with van der Waals surface area (Å²) in [7, 11) is 5.05. The van der Waals surface area contributed by atoms with Gasteiger partial charge < -0.3 is 35.1 Å². The molecule has 2 aromatic carbocycles. The molecule has 1 aliphatic heterocycles. The minimum Gasteiger partial charge on any atom is -0.497 e. The number of nitrogens with one attached hydrogen (secondary N) is 3. The first kappa shape index (κ1) is 27.9. The number of benzene rings is 2. The van der Waals surface area contributed by atoms with E-state index < -0.39 is 0 Å². The van der Waals surface area contributed by atoms with Crippen LogP contribution in [-0.2, 0) is 13.6 Å². The quantitative estimate of drug-likeness (QED) is 0.182. The van der Waals surface area contributed by atoms with Crippen molar-refractivity contribution in [3.05, 3.63) is 64.7 Å². The topological polar surface area (TPSA) is 132 Å². The van der Waals surface area contributed by atoms with Crippen LogP contribution in [-0.4, -0.2) is 65.1 Å². The number of ether oxygens (including phenoxy) is 2. The Bertz CT molecular complexity index is 1680. The second-order valence-corrected chi connectivity index (χ2v) is 9.79. The number of aliphatic hydroxyl groups is 1. The average molecular weight is 559 g/mol. The van der Waals surface area contributed by atoms with E-state index in [1.165, 1.54) is 7.05 Å². The molecule has 4 N–H and O–H groups in total. The number of rotatable bonds is 9. The molecule has 0 radical (unpaired) electrons. The van der Waals surface area contributed by atoms with Crippen LogP contribution in [0.15, 0.2) is 42.2 Å². The second kappa shape index (κ2) is 11.5. The standard InChI is InChI=1S/C30H34N6O5/c1-17-27(18(2)35(4)34-17)28-22(21-15-20(40-5)7-8-24(21)36(28)12-10-32-11-13-37)16-26-29(38)23-14-19(33-30(39)31-3)6-9-25(23)41-26/h6-9,14-16,32,37H,10-13H2,1-5H3,(H2,31,33,39). The van der Waals surface area contributed by atoms with E-state index in [9.17, 15) is 14.7 Å². The second-order valence-electron chi connectivity index (χ2n) is 9.79. The first-order chi connectivity index (χ1) is 19.8. The highest BCUT2D eigenvalue weighted by Gasteiger charge is 2.30. The monoisotopic (exact) mass is 558 g/mol. The summed E-state index contributed by atoms with van der Waals surface area (Å²) in [5, 5.41) is 23.3. The molecule has 0 spiro atoms. The third-order valence-corrected chi connectivity index (χ3v) is 7.28. The van der Waals surface area contributed by atoms with Gasteiger partial charge in [-0.15, -0.1) is 0 Å². The van der Waals surface area contributed by atoms with Crippen LogP contribution in [0.3, 0.4) is 0 Å². The summed E-state index contributed by atoms with van der Waals surface area (Å²) in [5.41, 5.74) is 6.33. The molecule has 0 bridgehead atoms. The first-order valence-corrected chi connectivity index (χ1v) is 13.4. The molecular weight excluding hydrogens is 524 g/mol. The van der Waals surface area contributed by atoms with Gasteiger partial charge in [-0.25, -0.2) is 4.79 Å². The minimum atomic E-state index is -0.380. The van der Waals surface area contributed by atoms with Gasteiger partial charge in [-0.2, -0.15) is 5.10 Å². The van der Waals surface area contributed by atoms with Gasteiger partial charge >= 0.3 is 6.03 Å². The maximum absolute atomic E-state index is 13.6. The lowest BCUT2D eigenvalue weighted by Crippen LogP contribution is -2.24. The van der Waals surface area contributed by atoms with Crippen molar-refractivity contribution in [3.8, 4) is 22.8 Å². The van der Waals surface area contributed by atoms with Crippen LogP contribution in [0.1, 0.15) is 27.3 Å². The third kappa shape index (κ3) is 5.17. The highest BCUT2D eigenvalue weighted by Crippen LogP contribution is 2.41. The van der Waals surface area contributed by atoms with Crippen LogP contribution in [0, 0.1) is 13.8 Å². The number of allylic oxidation sites excluding steroid dienone is 1. The van der Waals surface area contributed by atoms with Gasteiger partial charge in [0.05, 0.1) is 30.7 Å². The molecule has 0 fully saturated rings. The lowest BCUT2D eigenvalue weighted by Gasteiger charge is -2.13. The zero-order valence-electron chi connectivity index (χ0n) is 23.8. The van der Waals surface area contributed by atoms with E-state index in [2.05, 4.69) is 25.6 Å². The van der Waals surface area contributed by atoms with Crippen molar-refractivity contribution in [3.63, 3.8) is 0 Å². The fraction of sp³-hybridized carbons (Fsp3) is 0.300. The molecule has 4 aromatic rings. The van der Waals surface area contributed by atoms with Crippen LogP contribution in [0.25, 0.3) is 28.2 Å². The highest BCUT2D eigenvalue weighted by atomic mass is 16.5. The molecule has 11 nitrogen and oxygen atoms in total. The Kier molecular flexibility index (Phi) is 7.82. The van der Waals surface area contributed by atoms with E-state index in [0.717, 1.165) is 39.1 Å². The molecule has 214 valence electrons. The van der Waals surface area contributed by atoms with Crippen molar-refractivity contribution in [1.82, 2.24) is 25.0 Å². The van der Waals surface area contributed by atoms with E-state index in [1.807, 2.05) is 43.8 Å². The highest BCUT2D eigenvalue weighted by molar-refractivity contribution is 6.16. The lowest BCUT2D eigenvalue weighted by molar-refractivity contribution is 0.101. The smallest absolute Gasteiger partial charge is 0.318 e. The molecule has 11 heteroatoms. The molecule has 2 amide bonds. The van der Waals surface area contributed by atoms with Gasteiger partial charge in [0.25, 0.3) is 0 Å². The van der Waals surface area contributed by atoms with Gasteiger partial charge in [0, 0.05) is 67.1 Å². The molecule has 1 aliphatic rings. The van der Waals surface area contributed by atoms with Crippen LogP contribution < -0.4 is 25.4 Å². The molecule has 41 heavy (non-hydrogen) atoms. The number of urea groups is 1. The van der Waals surface area contributed by atoms with E-state index in [-0.39, 0.29) is 24.2 Å². The molecule has 2 aromatic heterocycles. The number of hydrogen-bond acceptors (Lipinski definition) is 7. The zero-order chi connectivity index (χ0) is 29.3. The first-order valence-electron chi connectivity index (χ1n) is 13.4. The predicted molar refractivity (Wildman–Crippen MR) is 158 cm³/mol. The van der Waals surface area contributed by atoms with E-state index in [1.54, 1.807) is 31.4 Å². The van der Waals surface area contributed by atoms with Crippen LogP contribution in [0.5, 0.6) is 11.5 Å². The third-order valence-electron chi connectivity index (χ3n) is 7.28. The molecule has 0 saturated carbocycles. The van der Waals surface area contributed by atoms with Crippen molar-refractivity contribution in [2.24, 2.45) is 7.05 Å². The molecular formula is C30H34N6O5. The van der Waals surface area contributed by atoms with Gasteiger partial charge in [-0.05, 0) is 56.3 Å². The van der Waals surface area contributed by atoms with E-state index in [4.69, 9.17) is 9.47 Å². The number of aryl methyl sites for hydroxylation is 2. The van der Waals surface area contributed by atoms with Crippen LogP contribution >= 0.6 is 0 Å². The zero-order valence-corrected chi connectivity index (χ0v) is 23.8. The molecule has 5 rings (SSSR count). The fourth-order valence-electron chi connectivity index (χ4n) is 5.24. The number of anilines is 1. The summed E-state index contributed by atoms with van der Waals surface area (Å²) < 4.78 is 15.7. The average Bonchev–Trinajstić information content (AvgIpc) is 3.53. The molecule has 0 aliphatic carbocycles. The Balaban J connectivity index is 1.70. The van der Waals surface area contributed by atoms with Crippen LogP contribution in [0.2, 0.25) is 0 Å². The van der Waals surface area contributed by atoms with Gasteiger partial charge in [0.1, 0.15) is 11.5 Å². The number of ketones is 1. The normalized spacial score (nSPS) is 13.5. The number of nitrogens with zero attached hydrogens (tertiary/aromatic N) is 3. The number of aliphatic hydroxyl groups excluding tert-OH is 1. The van der Waals surface area contributed by atoms with Gasteiger partial charge in [-0.3, -0.25) is 9.48 Å². The summed E-state index contributed by atoms with van der Waals surface area (Å²) in [6, 6.07) is 10.5. The molecule has 0 saturated heterocycles. The number of fused-ring (bicyclic) bond motifs is 2. The predicted octanol–water partition coefficient (Wildman–Crippen LogP) is 3.62. The summed E-state index contributed by atoms with van der Waals surface area (Å²) in [4.78, 5) is 25.4. The largest absolute Gasteiger partial charge is 0.497 e. The maximum atomic E-state index is 13.6. The number of methoxy groups -OCH3 is 1. The number of aromatic nitrogens is 3. The maximum Gasteiger partial charge on any atom is 0.318 e. The summed E-state index contributed by atoms with van der Waals surface area (Å²) in [5.74, 6) is 1.01. The minimum absolute atomic E-state index is 0.0506. The summed E-state index contributed by atoms with van der Waals surface area (Å²) >= 11 is 0. The number of hydrogen-bond donors (Lipinski definition) is 4. The number of Topliss-reactive ketones (excluding diaryl/α,β-unsaturated/α-hetero) is 1. The van der Waals surface area contributed by atoms with Gasteiger partial charge in [0.15, 0.2) is 5.76 Å². The van der Waals surface area contributed by atoms with Crippen molar-refractivity contribution in [2.75, 3.05) is 39.2 Å². The van der Waals surface area contributed by atoms with E-state index >= 15 is 0 Å². The number of carbonyl (C=O) groups excluding carboxylic acids is 2. The van der Waals surface area contributed by atoms with E-state index in [0.29, 0.717) is 42.4 Å². The Morgan fingerprint density at radius 3 is 2.66 bits per heavy atom. The summed E-state index contributed by atoms with van der Waals surface area (Å²) in [6.07, 6.45) is 1.79. The fourth-order valence-corrected chi connectivity index (χ4v) is 5.24. The van der Waals surface area contributed by atoms with Crippen molar-refractivity contribution in [2.45, 2.75) is 20.4 Å². The number of carbonyl (C=O) groups is 2. The van der Waals surface area contributed by atoms with Crippen LogP contribution in [0.4, 0.5) is 10.5 Å². The lowest BCUT2D eigenvalue weighted by atomic mass is 10.0. The SMILES string of the molecule is CNC(=O)Nc1ccc2c(c1)C(=O)C(=Cc1c(-c3c(C)nn(C)c3C)n(CCNCCO)c3ccc(OC)cc13)O2. The van der Waals surface area contributed by atoms with Crippen molar-refractivity contribution >= 4 is 34.5 Å². The summed E-state index contributed by atoms with van der Waals surface area (Å²) in [6.45, 7) is 5.77. The Morgan fingerprint density at radius 2 is 1.98 bits per heavy atom. The molecule has 3 heterocycles. The molecule has 0 unspecified atom stereocenters. The number of amides is 2. The van der Waals surface area contributed by atoms with Crippen molar-refractivity contribution in [1.29, 1.82) is 0 Å². The van der Waals surface area contributed by atoms with Gasteiger partial charge in [0.2, 0.25) is 5.78 Å². The molecule has 0 atom stereocenters. The Hall–Kier alpha value is -4.61. The Labute approximate surface area is 237 Å². The van der Waals surface area contributed by atoms with Gasteiger partial charge in [-0.1, -0.05) is 0 Å². The Morgan fingerprint density at radius 1 is 1.17 bits per heavy atom.